The Morgan fingerprint density at radius 2 is 1.85 bits per heavy atom. The molecule has 3 amide bonds. The zero-order chi connectivity index (χ0) is 22.8. The molecule has 1 aliphatic carbocycles. The van der Waals surface area contributed by atoms with Crippen LogP contribution < -0.4 is 20.7 Å². The van der Waals surface area contributed by atoms with Crippen LogP contribution in [-0.4, -0.2) is 36.3 Å². The van der Waals surface area contributed by atoms with Crippen molar-refractivity contribution in [2.75, 3.05) is 23.8 Å². The number of aliphatic hydroxyl groups excluding tert-OH is 1. The third kappa shape index (κ3) is 4.68. The minimum absolute atomic E-state index is 0.0147. The van der Waals surface area contributed by atoms with Gasteiger partial charge in [0.15, 0.2) is 0 Å². The Bertz CT molecular complexity index is 1220. The first-order chi connectivity index (χ1) is 16.0. The Balaban J connectivity index is 1.09. The van der Waals surface area contributed by atoms with Crippen molar-refractivity contribution < 1.29 is 19.4 Å². The minimum Gasteiger partial charge on any atom is -0.491 e. The lowest BCUT2D eigenvalue weighted by atomic mass is 10.0. The Hall–Kier alpha value is -3.84. The summed E-state index contributed by atoms with van der Waals surface area (Å²) in [5.41, 5.74) is 7.45. The van der Waals surface area contributed by atoms with E-state index in [-0.39, 0.29) is 25.1 Å². The highest BCUT2D eigenvalue weighted by Crippen LogP contribution is 2.37. The number of nitrogens with one attached hydrogen (secondary N) is 3. The van der Waals surface area contributed by atoms with E-state index < -0.39 is 6.10 Å². The monoisotopic (exact) mass is 443 g/mol. The van der Waals surface area contributed by atoms with Crippen molar-refractivity contribution in [2.45, 2.75) is 25.4 Å². The molecule has 0 fully saturated rings. The second-order valence-corrected chi connectivity index (χ2v) is 8.37. The summed E-state index contributed by atoms with van der Waals surface area (Å²) in [5.74, 6) is 0.633. The molecule has 2 aliphatic rings. The van der Waals surface area contributed by atoms with Crippen LogP contribution in [0.4, 0.5) is 16.2 Å². The predicted octanol–water partition coefficient (Wildman–Crippen LogP) is 3.70. The van der Waals surface area contributed by atoms with Crippen LogP contribution >= 0.6 is 0 Å². The van der Waals surface area contributed by atoms with Crippen molar-refractivity contribution in [3.63, 3.8) is 0 Å². The first kappa shape index (κ1) is 21.0. The average molecular weight is 444 g/mol. The number of hydrogen-bond donors (Lipinski definition) is 4. The Morgan fingerprint density at radius 3 is 2.76 bits per heavy atom. The van der Waals surface area contributed by atoms with Crippen LogP contribution in [0, 0.1) is 0 Å². The summed E-state index contributed by atoms with van der Waals surface area (Å²) >= 11 is 0. The summed E-state index contributed by atoms with van der Waals surface area (Å²) in [6.07, 6.45) is 1.11. The fourth-order valence-electron chi connectivity index (χ4n) is 4.31. The van der Waals surface area contributed by atoms with Gasteiger partial charge in [-0.3, -0.25) is 4.79 Å². The fraction of sp³-hybridized carbons (Fsp3) is 0.231. The number of aliphatic hydroxyl groups is 1. The van der Waals surface area contributed by atoms with E-state index in [0.29, 0.717) is 24.3 Å². The number of carbonyl (C=O) groups excluding carboxylic acids is 2. The summed E-state index contributed by atoms with van der Waals surface area (Å²) in [6, 6.07) is 19.3. The van der Waals surface area contributed by atoms with Crippen molar-refractivity contribution in [3.8, 4) is 16.9 Å². The number of fused-ring (bicyclic) bond motifs is 4. The molecule has 7 nitrogen and oxygen atoms in total. The van der Waals surface area contributed by atoms with E-state index in [1.807, 2.05) is 36.4 Å². The Kier molecular flexibility index (Phi) is 5.71. The van der Waals surface area contributed by atoms with Gasteiger partial charge in [-0.05, 0) is 71.0 Å². The highest BCUT2D eigenvalue weighted by molar-refractivity contribution is 5.94. The molecular formula is C26H25N3O4. The maximum absolute atomic E-state index is 12.3. The SMILES string of the molecule is O=C1CCc2cc(OCC(O)CNC(=O)Nc3ccc4c(c3)Cc3ccccc3-4)ccc2N1. The van der Waals surface area contributed by atoms with E-state index in [1.165, 1.54) is 22.3 Å². The van der Waals surface area contributed by atoms with E-state index in [2.05, 4.69) is 28.1 Å². The summed E-state index contributed by atoms with van der Waals surface area (Å²) in [5, 5.41) is 18.5. The second-order valence-electron chi connectivity index (χ2n) is 8.37. The Morgan fingerprint density at radius 1 is 1.00 bits per heavy atom. The minimum atomic E-state index is -0.860. The molecule has 5 rings (SSSR count). The number of hydrogen-bond acceptors (Lipinski definition) is 4. The van der Waals surface area contributed by atoms with Crippen LogP contribution in [-0.2, 0) is 17.6 Å². The molecule has 0 saturated carbocycles. The van der Waals surface area contributed by atoms with Crippen LogP contribution in [0.1, 0.15) is 23.1 Å². The third-order valence-electron chi connectivity index (χ3n) is 5.96. The van der Waals surface area contributed by atoms with Crippen molar-refractivity contribution in [1.29, 1.82) is 0 Å². The van der Waals surface area contributed by atoms with Gasteiger partial charge in [-0.25, -0.2) is 4.79 Å². The normalized spacial score (nSPS) is 14.4. The largest absolute Gasteiger partial charge is 0.491 e. The Labute approximate surface area is 191 Å². The smallest absolute Gasteiger partial charge is 0.319 e. The molecule has 0 spiro atoms. The van der Waals surface area contributed by atoms with Crippen molar-refractivity contribution in [1.82, 2.24) is 5.32 Å². The highest BCUT2D eigenvalue weighted by Gasteiger charge is 2.19. The highest BCUT2D eigenvalue weighted by atomic mass is 16.5. The van der Waals surface area contributed by atoms with Crippen LogP contribution in [0.15, 0.2) is 60.7 Å². The van der Waals surface area contributed by atoms with Gasteiger partial charge in [0.1, 0.15) is 18.5 Å². The molecule has 0 aromatic heterocycles. The molecular weight excluding hydrogens is 418 g/mol. The van der Waals surface area contributed by atoms with Crippen molar-refractivity contribution in [3.05, 3.63) is 77.4 Å². The van der Waals surface area contributed by atoms with Gasteiger partial charge >= 0.3 is 6.03 Å². The molecule has 0 bridgehead atoms. The molecule has 168 valence electrons. The molecule has 1 atom stereocenters. The molecule has 0 radical (unpaired) electrons. The van der Waals surface area contributed by atoms with Gasteiger partial charge in [0.25, 0.3) is 0 Å². The molecule has 3 aromatic carbocycles. The summed E-state index contributed by atoms with van der Waals surface area (Å²) in [7, 11) is 0. The number of ether oxygens (including phenoxy) is 1. The number of aryl methyl sites for hydroxylation is 1. The van der Waals surface area contributed by atoms with E-state index in [1.54, 1.807) is 12.1 Å². The molecule has 33 heavy (non-hydrogen) atoms. The van der Waals surface area contributed by atoms with Crippen LogP contribution in [0.3, 0.4) is 0 Å². The average Bonchev–Trinajstić information content (AvgIpc) is 3.19. The molecule has 4 N–H and O–H groups in total. The van der Waals surface area contributed by atoms with Gasteiger partial charge in [0, 0.05) is 24.3 Å². The summed E-state index contributed by atoms with van der Waals surface area (Å²) < 4.78 is 5.66. The molecule has 0 saturated heterocycles. The number of rotatable bonds is 6. The second kappa shape index (κ2) is 8.96. The van der Waals surface area contributed by atoms with Gasteiger partial charge in [-0.1, -0.05) is 30.3 Å². The molecule has 1 heterocycles. The maximum Gasteiger partial charge on any atom is 0.319 e. The maximum atomic E-state index is 12.3. The predicted molar refractivity (Wildman–Crippen MR) is 127 cm³/mol. The van der Waals surface area contributed by atoms with Gasteiger partial charge in [0.05, 0.1) is 0 Å². The first-order valence-electron chi connectivity index (χ1n) is 11.0. The van der Waals surface area contributed by atoms with Gasteiger partial charge in [0.2, 0.25) is 5.91 Å². The van der Waals surface area contributed by atoms with E-state index in [0.717, 1.165) is 17.7 Å². The van der Waals surface area contributed by atoms with E-state index in [9.17, 15) is 14.7 Å². The zero-order valence-corrected chi connectivity index (χ0v) is 18.1. The van der Waals surface area contributed by atoms with Gasteiger partial charge in [-0.2, -0.15) is 0 Å². The van der Waals surface area contributed by atoms with E-state index in [4.69, 9.17) is 4.74 Å². The quantitative estimate of drug-likeness (QED) is 0.365. The third-order valence-corrected chi connectivity index (χ3v) is 5.96. The summed E-state index contributed by atoms with van der Waals surface area (Å²) in [6.45, 7) is 0.103. The van der Waals surface area contributed by atoms with Crippen LogP contribution in [0.5, 0.6) is 5.75 Å². The lowest BCUT2D eigenvalue weighted by Crippen LogP contribution is -2.37. The zero-order valence-electron chi connectivity index (χ0n) is 18.1. The van der Waals surface area contributed by atoms with Gasteiger partial charge < -0.3 is 25.8 Å². The molecule has 3 aromatic rings. The van der Waals surface area contributed by atoms with Crippen molar-refractivity contribution in [2.24, 2.45) is 0 Å². The number of carbonyl (C=O) groups is 2. The molecule has 7 heteroatoms. The number of amides is 3. The van der Waals surface area contributed by atoms with Crippen molar-refractivity contribution >= 4 is 23.3 Å². The van der Waals surface area contributed by atoms with Crippen LogP contribution in [0.2, 0.25) is 0 Å². The number of urea groups is 1. The first-order valence-corrected chi connectivity index (χ1v) is 11.0. The number of benzene rings is 3. The lowest BCUT2D eigenvalue weighted by molar-refractivity contribution is -0.116. The van der Waals surface area contributed by atoms with Gasteiger partial charge in [-0.15, -0.1) is 0 Å². The molecule has 1 unspecified atom stereocenters. The lowest BCUT2D eigenvalue weighted by Gasteiger charge is -2.18. The number of anilines is 2. The fourth-order valence-corrected chi connectivity index (χ4v) is 4.31. The summed E-state index contributed by atoms with van der Waals surface area (Å²) in [4.78, 5) is 23.7. The van der Waals surface area contributed by atoms with Crippen LogP contribution in [0.25, 0.3) is 11.1 Å². The molecule has 1 aliphatic heterocycles. The standard InChI is InChI=1S/C26H25N3O4/c30-20(15-33-21-7-9-24-17(13-21)5-10-25(31)29-24)14-27-26(32)28-19-6-8-23-18(12-19)11-16-3-1-2-4-22(16)23/h1-4,6-9,12-13,20,30H,5,10-11,14-15H2,(H,29,31)(H2,27,28,32). The topological polar surface area (TPSA) is 99.7 Å². The van der Waals surface area contributed by atoms with E-state index >= 15 is 0 Å².